The van der Waals surface area contributed by atoms with Crippen molar-refractivity contribution in [1.82, 2.24) is 9.80 Å². The second-order valence-electron chi connectivity index (χ2n) is 6.57. The summed E-state index contributed by atoms with van der Waals surface area (Å²) in [4.78, 5) is 29.6. The van der Waals surface area contributed by atoms with Crippen molar-refractivity contribution in [3.05, 3.63) is 29.8 Å². The molecule has 2 fully saturated rings. The third-order valence-corrected chi connectivity index (χ3v) is 5.95. The highest BCUT2D eigenvalue weighted by Gasteiger charge is 2.55. The first kappa shape index (κ1) is 16.3. The molecule has 6 heteroatoms. The van der Waals surface area contributed by atoms with Crippen LogP contribution in [0.4, 0.5) is 0 Å². The van der Waals surface area contributed by atoms with Gasteiger partial charge in [0.25, 0.3) is 5.91 Å². The molecule has 0 aromatic heterocycles. The van der Waals surface area contributed by atoms with Crippen LogP contribution >= 0.6 is 11.8 Å². The van der Waals surface area contributed by atoms with Crippen molar-refractivity contribution in [1.29, 1.82) is 0 Å². The van der Waals surface area contributed by atoms with Gasteiger partial charge >= 0.3 is 5.97 Å². The van der Waals surface area contributed by atoms with E-state index in [0.29, 0.717) is 25.2 Å². The van der Waals surface area contributed by atoms with Gasteiger partial charge in [-0.1, -0.05) is 12.1 Å². The quantitative estimate of drug-likeness (QED) is 0.856. The van der Waals surface area contributed by atoms with E-state index in [2.05, 4.69) is 4.90 Å². The molecule has 5 nitrogen and oxygen atoms in total. The second kappa shape index (κ2) is 6.17. The Morgan fingerprint density at radius 2 is 2.04 bits per heavy atom. The van der Waals surface area contributed by atoms with E-state index >= 15 is 0 Å². The smallest absolute Gasteiger partial charge is 0.313 e. The van der Waals surface area contributed by atoms with E-state index in [-0.39, 0.29) is 11.8 Å². The molecule has 2 saturated heterocycles. The van der Waals surface area contributed by atoms with Gasteiger partial charge in [0.1, 0.15) is 5.41 Å². The first-order valence-corrected chi connectivity index (χ1v) is 9.04. The van der Waals surface area contributed by atoms with Crippen molar-refractivity contribution in [2.75, 3.05) is 39.5 Å². The summed E-state index contributed by atoms with van der Waals surface area (Å²) in [5, 5.41) is 9.82. The normalized spacial score (nSPS) is 27.7. The number of thioether (sulfide) groups is 1. The fraction of sp³-hybridized carbons (Fsp3) is 0.529. The Morgan fingerprint density at radius 1 is 1.30 bits per heavy atom. The van der Waals surface area contributed by atoms with Crippen LogP contribution in [-0.2, 0) is 4.79 Å². The number of carbonyl (C=O) groups is 2. The van der Waals surface area contributed by atoms with Crippen molar-refractivity contribution < 1.29 is 14.7 Å². The Labute approximate surface area is 140 Å². The molecule has 0 unspecified atom stereocenters. The number of hydrogen-bond donors (Lipinski definition) is 1. The number of fused-ring (bicyclic) bond motifs is 1. The van der Waals surface area contributed by atoms with Crippen LogP contribution in [0.3, 0.4) is 0 Å². The Balaban J connectivity index is 1.88. The number of carboxylic acid groups (broad SMARTS) is 1. The van der Waals surface area contributed by atoms with Gasteiger partial charge < -0.3 is 14.9 Å². The van der Waals surface area contributed by atoms with E-state index in [1.807, 2.05) is 37.6 Å². The molecule has 3 rings (SSSR count). The molecule has 2 aliphatic rings. The number of rotatable bonds is 3. The van der Waals surface area contributed by atoms with Crippen LogP contribution in [0.1, 0.15) is 16.8 Å². The van der Waals surface area contributed by atoms with Gasteiger partial charge in [-0.05, 0) is 44.3 Å². The van der Waals surface area contributed by atoms with Crippen molar-refractivity contribution in [2.24, 2.45) is 11.3 Å². The third-order valence-electron chi connectivity index (χ3n) is 5.16. The lowest BCUT2D eigenvalue weighted by Gasteiger charge is -2.39. The largest absolute Gasteiger partial charge is 0.481 e. The third kappa shape index (κ3) is 2.74. The molecule has 2 atom stereocenters. The molecule has 0 spiro atoms. The summed E-state index contributed by atoms with van der Waals surface area (Å²) in [6.07, 6.45) is 2.78. The summed E-state index contributed by atoms with van der Waals surface area (Å²) in [6, 6.07) is 7.54. The molecule has 0 saturated carbocycles. The van der Waals surface area contributed by atoms with Gasteiger partial charge in [-0.25, -0.2) is 0 Å². The number of benzene rings is 1. The first-order valence-electron chi connectivity index (χ1n) is 7.82. The molecule has 0 aliphatic carbocycles. The molecule has 0 bridgehead atoms. The highest BCUT2D eigenvalue weighted by Crippen LogP contribution is 2.42. The highest BCUT2D eigenvalue weighted by atomic mass is 32.2. The highest BCUT2D eigenvalue weighted by molar-refractivity contribution is 7.98. The topological polar surface area (TPSA) is 60.9 Å². The van der Waals surface area contributed by atoms with Crippen LogP contribution in [0, 0.1) is 11.3 Å². The Kier molecular flexibility index (Phi) is 4.38. The maximum atomic E-state index is 12.9. The number of carboxylic acids is 1. The van der Waals surface area contributed by atoms with E-state index in [9.17, 15) is 14.7 Å². The van der Waals surface area contributed by atoms with Gasteiger partial charge in [-0.3, -0.25) is 9.59 Å². The summed E-state index contributed by atoms with van der Waals surface area (Å²) in [7, 11) is 1.95. The molecule has 2 aliphatic heterocycles. The maximum absolute atomic E-state index is 12.9. The van der Waals surface area contributed by atoms with Crippen LogP contribution < -0.4 is 0 Å². The molecule has 0 radical (unpaired) electrons. The molecular formula is C17H22N2O3S. The summed E-state index contributed by atoms with van der Waals surface area (Å²) >= 11 is 1.54. The number of carbonyl (C=O) groups excluding carboxylic acids is 1. The predicted octanol–water partition coefficient (Wildman–Crippen LogP) is 1.89. The molecule has 1 aromatic rings. The lowest BCUT2D eigenvalue weighted by atomic mass is 9.73. The van der Waals surface area contributed by atoms with E-state index < -0.39 is 11.4 Å². The van der Waals surface area contributed by atoms with Crippen molar-refractivity contribution in [3.63, 3.8) is 0 Å². The summed E-state index contributed by atoms with van der Waals surface area (Å²) in [6.45, 7) is 2.25. The Morgan fingerprint density at radius 3 is 2.74 bits per heavy atom. The first-order chi connectivity index (χ1) is 11.0. The van der Waals surface area contributed by atoms with Gasteiger partial charge in [0.15, 0.2) is 0 Å². The van der Waals surface area contributed by atoms with E-state index in [1.54, 1.807) is 16.7 Å². The van der Waals surface area contributed by atoms with E-state index in [4.69, 9.17) is 0 Å². The molecule has 23 heavy (non-hydrogen) atoms. The maximum Gasteiger partial charge on any atom is 0.313 e. The van der Waals surface area contributed by atoms with Gasteiger partial charge in [-0.15, -0.1) is 11.8 Å². The molecular weight excluding hydrogens is 312 g/mol. The van der Waals surface area contributed by atoms with Gasteiger partial charge in [0.05, 0.1) is 5.56 Å². The van der Waals surface area contributed by atoms with Crippen LogP contribution in [0.5, 0.6) is 0 Å². The van der Waals surface area contributed by atoms with E-state index in [1.165, 1.54) is 0 Å². The van der Waals surface area contributed by atoms with Crippen LogP contribution in [0.15, 0.2) is 29.2 Å². The molecule has 1 amide bonds. The average Bonchev–Trinajstić information content (AvgIpc) is 2.94. The minimum atomic E-state index is -0.822. The Bertz CT molecular complexity index is 636. The number of hydrogen-bond acceptors (Lipinski definition) is 4. The van der Waals surface area contributed by atoms with Gasteiger partial charge in [0.2, 0.25) is 0 Å². The van der Waals surface area contributed by atoms with E-state index in [0.717, 1.165) is 17.9 Å². The number of aliphatic carboxylic acids is 1. The van der Waals surface area contributed by atoms with Crippen molar-refractivity contribution in [3.8, 4) is 0 Å². The number of nitrogens with zero attached hydrogens (tertiary/aromatic N) is 2. The van der Waals surface area contributed by atoms with Crippen LogP contribution in [0.25, 0.3) is 0 Å². The Hall–Kier alpha value is -1.53. The number of likely N-dealkylation sites (tertiary alicyclic amines) is 2. The fourth-order valence-corrected chi connectivity index (χ4v) is 4.50. The molecule has 124 valence electrons. The SMILES string of the molecule is CSc1ccccc1C(=O)N1C[C@@H]2CCN(C)C[C@]2(C(=O)O)C1. The van der Waals surface area contributed by atoms with Gasteiger partial charge in [-0.2, -0.15) is 0 Å². The van der Waals surface area contributed by atoms with Crippen molar-refractivity contribution >= 4 is 23.6 Å². The zero-order valence-corrected chi connectivity index (χ0v) is 14.3. The van der Waals surface area contributed by atoms with Crippen molar-refractivity contribution in [2.45, 2.75) is 11.3 Å². The predicted molar refractivity (Wildman–Crippen MR) is 89.8 cm³/mol. The summed E-state index contributed by atoms with van der Waals surface area (Å²) in [5.41, 5.74) is -0.149. The molecule has 1 aromatic carbocycles. The monoisotopic (exact) mass is 334 g/mol. The van der Waals surface area contributed by atoms with Gasteiger partial charge in [0, 0.05) is 24.5 Å². The lowest BCUT2D eigenvalue weighted by Crippen LogP contribution is -2.52. The number of amides is 1. The zero-order valence-electron chi connectivity index (χ0n) is 13.5. The minimum Gasteiger partial charge on any atom is -0.481 e. The average molecular weight is 334 g/mol. The number of piperidine rings is 1. The summed E-state index contributed by atoms with van der Waals surface area (Å²) < 4.78 is 0. The fourth-order valence-electron chi connectivity index (χ4n) is 3.91. The summed E-state index contributed by atoms with van der Waals surface area (Å²) in [5.74, 6) is -0.781. The zero-order chi connectivity index (χ0) is 16.6. The lowest BCUT2D eigenvalue weighted by molar-refractivity contribution is -0.153. The molecule has 2 heterocycles. The molecule has 1 N–H and O–H groups in total. The van der Waals surface area contributed by atoms with Crippen LogP contribution in [-0.4, -0.2) is 66.3 Å². The second-order valence-corrected chi connectivity index (χ2v) is 7.42. The standard InChI is InChI=1S/C17H22N2O3S/c1-18-8-7-12-9-19(11-17(12,10-18)16(21)22)15(20)13-5-3-4-6-14(13)23-2/h3-6,12H,7-11H2,1-2H3,(H,21,22)/t12-,17-/m0/s1. The minimum absolute atomic E-state index is 0.0431. The van der Waals surface area contributed by atoms with Crippen LogP contribution in [0.2, 0.25) is 0 Å².